The van der Waals surface area contributed by atoms with Crippen molar-refractivity contribution >= 4 is 33.5 Å². The summed E-state index contributed by atoms with van der Waals surface area (Å²) in [6.45, 7) is -3.15. The predicted octanol–water partition coefficient (Wildman–Crippen LogP) is 2.88. The van der Waals surface area contributed by atoms with Crippen LogP contribution in [0.15, 0.2) is 43.8 Å². The molecule has 3 heterocycles. The molecular weight excluding hydrogens is 465 g/mol. The van der Waals surface area contributed by atoms with Crippen LogP contribution >= 0.6 is 11.3 Å². The number of aromatic nitrogens is 3. The van der Waals surface area contributed by atoms with Gasteiger partial charge in [0.15, 0.2) is 16.7 Å². The van der Waals surface area contributed by atoms with Crippen LogP contribution in [0.1, 0.15) is 5.56 Å². The lowest BCUT2D eigenvalue weighted by atomic mass is 10.1. The zero-order valence-corrected chi connectivity index (χ0v) is 17.9. The third-order valence-electron chi connectivity index (χ3n) is 4.79. The van der Waals surface area contributed by atoms with E-state index in [1.807, 2.05) is 0 Å². The number of anilines is 1. The van der Waals surface area contributed by atoms with E-state index in [9.17, 15) is 27.6 Å². The fraction of sp³-hybridized carbons (Fsp3) is 0.200. The number of furan rings is 1. The van der Waals surface area contributed by atoms with Crippen molar-refractivity contribution in [3.8, 4) is 17.0 Å². The first-order valence-electron chi connectivity index (χ1n) is 9.32. The maximum absolute atomic E-state index is 14.0. The maximum Gasteiger partial charge on any atom is 0.387 e. The summed E-state index contributed by atoms with van der Waals surface area (Å²) in [5.74, 6) is -2.07. The van der Waals surface area contributed by atoms with E-state index in [1.54, 1.807) is 5.38 Å². The zero-order chi connectivity index (χ0) is 23.9. The molecule has 0 aliphatic carbocycles. The highest BCUT2D eigenvalue weighted by atomic mass is 32.1. The number of fused-ring (bicyclic) bond motifs is 1. The number of nitrogens with zero attached hydrogens (tertiary/aromatic N) is 3. The molecule has 3 aromatic heterocycles. The highest BCUT2D eigenvalue weighted by Gasteiger charge is 2.19. The molecule has 0 saturated carbocycles. The van der Waals surface area contributed by atoms with Crippen LogP contribution in [0, 0.1) is 5.82 Å². The Balaban J connectivity index is 1.52. The predicted molar refractivity (Wildman–Crippen MR) is 113 cm³/mol. The minimum absolute atomic E-state index is 0.0590. The molecule has 0 atom stereocenters. The average molecular weight is 480 g/mol. The molecule has 172 valence electrons. The van der Waals surface area contributed by atoms with Crippen LogP contribution in [0.3, 0.4) is 0 Å². The second kappa shape index (κ2) is 8.58. The number of hydrogen-bond donors (Lipinski definition) is 1. The van der Waals surface area contributed by atoms with Crippen LogP contribution in [-0.2, 0) is 25.3 Å². The van der Waals surface area contributed by atoms with Gasteiger partial charge in [0.2, 0.25) is 11.6 Å². The molecule has 0 spiro atoms. The highest BCUT2D eigenvalue weighted by Crippen LogP contribution is 2.29. The highest BCUT2D eigenvalue weighted by molar-refractivity contribution is 7.14. The Kier molecular flexibility index (Phi) is 5.80. The van der Waals surface area contributed by atoms with Gasteiger partial charge in [0, 0.05) is 30.6 Å². The zero-order valence-electron chi connectivity index (χ0n) is 17.1. The average Bonchev–Trinajstić information content (AvgIpc) is 3.39. The molecule has 13 heteroatoms. The Bertz CT molecular complexity index is 1490. The number of nitrogens with one attached hydrogen (secondary N) is 1. The Hall–Kier alpha value is -3.87. The molecule has 1 N–H and O–H groups in total. The normalized spacial score (nSPS) is 11.3. The Morgan fingerprint density at radius 1 is 1.27 bits per heavy atom. The summed E-state index contributed by atoms with van der Waals surface area (Å²) in [5, 5.41) is 4.46. The summed E-state index contributed by atoms with van der Waals surface area (Å²) in [5.41, 5.74) is -0.164. The van der Waals surface area contributed by atoms with Crippen LogP contribution in [0.25, 0.3) is 22.4 Å². The van der Waals surface area contributed by atoms with Crippen LogP contribution < -0.4 is 21.3 Å². The molecule has 4 rings (SSSR count). The molecule has 0 bridgehead atoms. The summed E-state index contributed by atoms with van der Waals surface area (Å²) in [4.78, 5) is 41.2. The van der Waals surface area contributed by atoms with E-state index < -0.39 is 35.3 Å². The van der Waals surface area contributed by atoms with E-state index >= 15 is 0 Å². The van der Waals surface area contributed by atoms with Crippen LogP contribution in [-0.4, -0.2) is 26.6 Å². The van der Waals surface area contributed by atoms with E-state index in [1.165, 1.54) is 31.0 Å². The van der Waals surface area contributed by atoms with E-state index in [-0.39, 0.29) is 22.7 Å². The SMILES string of the molecule is Cn1c(=O)c2c(CC(=O)Nc3nc(-c4ccc(OC(F)F)c(F)c4)cs3)coc2n(C)c1=O. The summed E-state index contributed by atoms with van der Waals surface area (Å²) in [7, 11) is 2.77. The Labute approximate surface area is 186 Å². The van der Waals surface area contributed by atoms with Crippen LogP contribution in [0.4, 0.5) is 18.3 Å². The van der Waals surface area contributed by atoms with E-state index in [2.05, 4.69) is 15.0 Å². The number of carbonyl (C=O) groups excluding carboxylic acids is 1. The largest absolute Gasteiger partial charge is 0.447 e. The molecule has 1 aromatic carbocycles. The van der Waals surface area contributed by atoms with Crippen molar-refractivity contribution in [1.82, 2.24) is 14.1 Å². The van der Waals surface area contributed by atoms with Gasteiger partial charge in [-0.05, 0) is 18.2 Å². The van der Waals surface area contributed by atoms with E-state index in [0.29, 0.717) is 16.8 Å². The first-order valence-corrected chi connectivity index (χ1v) is 10.2. The summed E-state index contributed by atoms with van der Waals surface area (Å²) in [6.07, 6.45) is 1.02. The van der Waals surface area contributed by atoms with Crippen LogP contribution in [0.5, 0.6) is 5.75 Å². The Morgan fingerprint density at radius 2 is 2.03 bits per heavy atom. The van der Waals surface area contributed by atoms with Crippen molar-refractivity contribution in [2.45, 2.75) is 13.0 Å². The number of halogens is 3. The molecular formula is C20H15F3N4O5S. The Morgan fingerprint density at radius 3 is 2.73 bits per heavy atom. The molecule has 0 radical (unpaired) electrons. The van der Waals surface area contributed by atoms with Gasteiger partial charge in [0.1, 0.15) is 5.39 Å². The van der Waals surface area contributed by atoms with Gasteiger partial charge in [-0.15, -0.1) is 11.3 Å². The lowest BCUT2D eigenvalue weighted by Crippen LogP contribution is -2.36. The smallest absolute Gasteiger partial charge is 0.387 e. The lowest BCUT2D eigenvalue weighted by Gasteiger charge is -2.06. The number of rotatable bonds is 6. The minimum Gasteiger partial charge on any atom is -0.447 e. The molecule has 9 nitrogen and oxygen atoms in total. The van der Waals surface area contributed by atoms with Crippen molar-refractivity contribution in [2.24, 2.45) is 14.1 Å². The molecule has 0 aliphatic heterocycles. The van der Waals surface area contributed by atoms with Gasteiger partial charge < -0.3 is 14.5 Å². The molecule has 33 heavy (non-hydrogen) atoms. The number of carbonyl (C=O) groups is 1. The standard InChI is InChI=1S/C20H15F3N4O5S/c1-26-16(29)15-10(7-31-17(15)27(2)20(26)30)6-14(28)25-19-24-12(8-33-19)9-3-4-13(11(21)5-9)32-18(22)23/h3-5,7-8,18H,6H2,1-2H3,(H,24,25,28). The molecule has 0 aliphatic rings. The quantitative estimate of drug-likeness (QED) is 0.455. The second-order valence-corrected chi connectivity index (χ2v) is 7.79. The van der Waals surface area contributed by atoms with Gasteiger partial charge in [-0.3, -0.25) is 18.7 Å². The molecule has 0 saturated heterocycles. The number of benzene rings is 1. The minimum atomic E-state index is -3.15. The summed E-state index contributed by atoms with van der Waals surface area (Å²) in [6, 6.07) is 3.42. The number of alkyl halides is 2. The van der Waals surface area contributed by atoms with Gasteiger partial charge in [-0.1, -0.05) is 0 Å². The fourth-order valence-electron chi connectivity index (χ4n) is 3.21. The van der Waals surface area contributed by atoms with Gasteiger partial charge in [-0.25, -0.2) is 14.2 Å². The van der Waals surface area contributed by atoms with Crippen molar-refractivity contribution in [2.75, 3.05) is 5.32 Å². The maximum atomic E-state index is 14.0. The van der Waals surface area contributed by atoms with E-state index in [4.69, 9.17) is 4.42 Å². The molecule has 4 aromatic rings. The number of hydrogen-bond acceptors (Lipinski definition) is 7. The topological polar surface area (TPSA) is 108 Å². The number of amides is 1. The van der Waals surface area contributed by atoms with Gasteiger partial charge in [0.25, 0.3) is 5.56 Å². The first-order chi connectivity index (χ1) is 15.7. The molecule has 1 amide bonds. The fourth-order valence-corrected chi connectivity index (χ4v) is 3.94. The van der Waals surface area contributed by atoms with Crippen molar-refractivity contribution in [3.63, 3.8) is 0 Å². The third-order valence-corrected chi connectivity index (χ3v) is 5.55. The van der Waals surface area contributed by atoms with E-state index in [0.717, 1.165) is 28.0 Å². The monoisotopic (exact) mass is 480 g/mol. The number of aryl methyl sites for hydroxylation is 1. The molecule has 0 fully saturated rings. The van der Waals surface area contributed by atoms with Crippen molar-refractivity contribution < 1.29 is 27.1 Å². The third kappa shape index (κ3) is 4.26. The van der Waals surface area contributed by atoms with Crippen molar-refractivity contribution in [3.05, 3.63) is 62.1 Å². The molecule has 0 unspecified atom stereocenters. The number of thiazole rings is 1. The van der Waals surface area contributed by atoms with Crippen molar-refractivity contribution in [1.29, 1.82) is 0 Å². The van der Waals surface area contributed by atoms with Crippen LogP contribution in [0.2, 0.25) is 0 Å². The summed E-state index contributed by atoms with van der Waals surface area (Å²) < 4.78 is 50.0. The first kappa shape index (κ1) is 22.3. The van der Waals surface area contributed by atoms with Gasteiger partial charge in [0.05, 0.1) is 18.4 Å². The van der Waals surface area contributed by atoms with Gasteiger partial charge >= 0.3 is 12.3 Å². The second-order valence-electron chi connectivity index (χ2n) is 6.93. The lowest BCUT2D eigenvalue weighted by molar-refractivity contribution is -0.115. The number of ether oxygens (including phenoxy) is 1. The van der Waals surface area contributed by atoms with Gasteiger partial charge in [-0.2, -0.15) is 8.78 Å². The summed E-state index contributed by atoms with van der Waals surface area (Å²) >= 11 is 1.07.